The van der Waals surface area contributed by atoms with Crippen molar-refractivity contribution in [2.75, 3.05) is 12.4 Å². The highest BCUT2D eigenvalue weighted by Crippen LogP contribution is 2.34. The Morgan fingerprint density at radius 3 is 2.80 bits per heavy atom. The van der Waals surface area contributed by atoms with Gasteiger partial charge in [-0.15, -0.1) is 11.3 Å². The Kier molecular flexibility index (Phi) is 4.52. The molecule has 0 aliphatic heterocycles. The number of aryl methyl sites for hydroxylation is 1. The van der Waals surface area contributed by atoms with E-state index in [0.29, 0.717) is 16.9 Å². The molecule has 3 nitrogen and oxygen atoms in total. The molecule has 1 aromatic heterocycles. The minimum Gasteiger partial charge on any atom is -0.497 e. The van der Waals surface area contributed by atoms with Gasteiger partial charge in [0.05, 0.1) is 18.2 Å². The summed E-state index contributed by atoms with van der Waals surface area (Å²) in [4.78, 5) is 13.8. The summed E-state index contributed by atoms with van der Waals surface area (Å²) < 4.78 is 5.17. The van der Waals surface area contributed by atoms with Gasteiger partial charge in [0, 0.05) is 10.4 Å². The van der Waals surface area contributed by atoms with Crippen molar-refractivity contribution < 1.29 is 9.53 Å². The second-order valence-electron chi connectivity index (χ2n) is 4.31. The van der Waals surface area contributed by atoms with Gasteiger partial charge in [-0.1, -0.05) is 24.4 Å². The number of hydrogen-bond acceptors (Lipinski definition) is 4. The van der Waals surface area contributed by atoms with E-state index >= 15 is 0 Å². The Balaban J connectivity index is 2.49. The van der Waals surface area contributed by atoms with E-state index in [1.54, 1.807) is 19.2 Å². The van der Waals surface area contributed by atoms with E-state index in [1.807, 2.05) is 26.0 Å². The SMILES string of the molecule is COc1cccc(C(=O)c2c(NC=S)sc(C)c2C)c1. The van der Waals surface area contributed by atoms with Crippen LogP contribution in [0.5, 0.6) is 5.75 Å². The number of carbonyl (C=O) groups is 1. The van der Waals surface area contributed by atoms with Crippen LogP contribution in [0.2, 0.25) is 0 Å². The van der Waals surface area contributed by atoms with Crippen molar-refractivity contribution >= 4 is 39.8 Å². The molecule has 0 fully saturated rings. The molecule has 1 aromatic carbocycles. The van der Waals surface area contributed by atoms with Gasteiger partial charge in [0.2, 0.25) is 0 Å². The third-order valence-corrected chi connectivity index (χ3v) is 4.39. The summed E-state index contributed by atoms with van der Waals surface area (Å²) >= 11 is 6.37. The maximum absolute atomic E-state index is 12.7. The van der Waals surface area contributed by atoms with Crippen LogP contribution in [0.25, 0.3) is 0 Å². The Bertz CT molecular complexity index is 662. The Labute approximate surface area is 127 Å². The molecule has 0 unspecified atom stereocenters. The number of anilines is 1. The van der Waals surface area contributed by atoms with E-state index in [0.717, 1.165) is 15.4 Å². The average molecular weight is 305 g/mol. The van der Waals surface area contributed by atoms with Gasteiger partial charge in [-0.3, -0.25) is 4.79 Å². The largest absolute Gasteiger partial charge is 0.497 e. The van der Waals surface area contributed by atoms with Crippen molar-refractivity contribution in [3.8, 4) is 5.75 Å². The number of thiocarbonyl (C=S) groups is 1. The van der Waals surface area contributed by atoms with Gasteiger partial charge in [0.1, 0.15) is 10.8 Å². The van der Waals surface area contributed by atoms with E-state index in [1.165, 1.54) is 16.8 Å². The molecule has 0 aliphatic rings. The summed E-state index contributed by atoms with van der Waals surface area (Å²) in [5.41, 5.74) is 3.70. The van der Waals surface area contributed by atoms with Crippen LogP contribution in [-0.4, -0.2) is 18.4 Å². The van der Waals surface area contributed by atoms with Gasteiger partial charge in [-0.05, 0) is 31.5 Å². The molecule has 2 rings (SSSR count). The van der Waals surface area contributed by atoms with Crippen molar-refractivity contribution in [3.05, 3.63) is 45.8 Å². The number of hydrogen-bond donors (Lipinski definition) is 1. The highest BCUT2D eigenvalue weighted by Gasteiger charge is 2.20. The first-order chi connectivity index (χ1) is 9.58. The third-order valence-electron chi connectivity index (χ3n) is 3.13. The summed E-state index contributed by atoms with van der Waals surface area (Å²) in [6.45, 7) is 3.95. The molecule has 1 heterocycles. The second kappa shape index (κ2) is 6.15. The number of nitrogens with one attached hydrogen (secondary N) is 1. The lowest BCUT2D eigenvalue weighted by Gasteiger charge is -2.06. The number of ether oxygens (including phenoxy) is 1. The molecule has 0 bridgehead atoms. The molecule has 5 heteroatoms. The summed E-state index contributed by atoms with van der Waals surface area (Å²) in [6, 6.07) is 7.17. The van der Waals surface area contributed by atoms with Gasteiger partial charge in [-0.2, -0.15) is 0 Å². The first kappa shape index (κ1) is 14.7. The van der Waals surface area contributed by atoms with Crippen LogP contribution in [0, 0.1) is 13.8 Å². The van der Waals surface area contributed by atoms with E-state index in [-0.39, 0.29) is 5.78 Å². The molecule has 0 saturated carbocycles. The molecule has 1 N–H and O–H groups in total. The zero-order valence-corrected chi connectivity index (χ0v) is 13.2. The summed E-state index contributed by atoms with van der Waals surface area (Å²) in [6.07, 6.45) is 0. The summed E-state index contributed by atoms with van der Waals surface area (Å²) in [7, 11) is 1.59. The standard InChI is InChI=1S/C15H15NO2S2/c1-9-10(2)20-15(16-8-19)13(9)14(17)11-5-4-6-12(7-11)18-3/h4-8H,1-3H3,(H,16,19). The number of ketones is 1. The molecule has 2 aromatic rings. The maximum atomic E-state index is 12.7. The van der Waals surface area contributed by atoms with Crippen LogP contribution < -0.4 is 10.1 Å². The van der Waals surface area contributed by atoms with E-state index in [4.69, 9.17) is 17.0 Å². The number of benzene rings is 1. The Morgan fingerprint density at radius 1 is 1.40 bits per heavy atom. The second-order valence-corrected chi connectivity index (χ2v) is 5.77. The number of rotatable bonds is 5. The molecule has 0 aliphatic carbocycles. The molecular formula is C15H15NO2S2. The van der Waals surface area contributed by atoms with E-state index < -0.39 is 0 Å². The van der Waals surface area contributed by atoms with Gasteiger partial charge < -0.3 is 10.1 Å². The van der Waals surface area contributed by atoms with Crippen LogP contribution in [0.15, 0.2) is 24.3 Å². The predicted octanol–water partition coefficient (Wildman–Crippen LogP) is 3.97. The third kappa shape index (κ3) is 2.73. The fourth-order valence-electron chi connectivity index (χ4n) is 1.96. The first-order valence-electron chi connectivity index (χ1n) is 6.07. The molecule has 0 spiro atoms. The maximum Gasteiger partial charge on any atom is 0.196 e. The fourth-order valence-corrected chi connectivity index (χ4v) is 3.18. The molecule has 20 heavy (non-hydrogen) atoms. The van der Waals surface area contributed by atoms with Crippen LogP contribution in [0.1, 0.15) is 26.4 Å². The number of methoxy groups -OCH3 is 1. The van der Waals surface area contributed by atoms with Crippen LogP contribution in [0.4, 0.5) is 5.00 Å². The van der Waals surface area contributed by atoms with Gasteiger partial charge in [0.15, 0.2) is 5.78 Å². The first-order valence-corrected chi connectivity index (χ1v) is 7.36. The normalized spacial score (nSPS) is 10.2. The number of carbonyl (C=O) groups excluding carboxylic acids is 1. The highest BCUT2D eigenvalue weighted by molar-refractivity contribution is 7.79. The molecule has 104 valence electrons. The molecule has 0 saturated heterocycles. The molecular weight excluding hydrogens is 290 g/mol. The lowest BCUT2D eigenvalue weighted by molar-refractivity contribution is 0.103. The minimum absolute atomic E-state index is 0.0231. The summed E-state index contributed by atoms with van der Waals surface area (Å²) in [5.74, 6) is 0.648. The van der Waals surface area contributed by atoms with Gasteiger partial charge in [0.25, 0.3) is 0 Å². The topological polar surface area (TPSA) is 38.3 Å². The highest BCUT2D eigenvalue weighted by atomic mass is 32.1. The molecule has 0 amide bonds. The van der Waals surface area contributed by atoms with Crippen molar-refractivity contribution in [2.45, 2.75) is 13.8 Å². The van der Waals surface area contributed by atoms with Gasteiger partial charge >= 0.3 is 0 Å². The number of thiophene rings is 1. The van der Waals surface area contributed by atoms with Crippen LogP contribution >= 0.6 is 23.6 Å². The smallest absolute Gasteiger partial charge is 0.196 e. The van der Waals surface area contributed by atoms with E-state index in [9.17, 15) is 4.79 Å². The lowest BCUT2D eigenvalue weighted by Crippen LogP contribution is -2.06. The van der Waals surface area contributed by atoms with Crippen molar-refractivity contribution in [1.82, 2.24) is 0 Å². The minimum atomic E-state index is -0.0231. The van der Waals surface area contributed by atoms with Crippen molar-refractivity contribution in [1.29, 1.82) is 0 Å². The average Bonchev–Trinajstić information content (AvgIpc) is 2.74. The van der Waals surface area contributed by atoms with Crippen molar-refractivity contribution in [3.63, 3.8) is 0 Å². The zero-order valence-electron chi connectivity index (χ0n) is 11.5. The van der Waals surface area contributed by atoms with Crippen LogP contribution in [0.3, 0.4) is 0 Å². The fraction of sp³-hybridized carbons (Fsp3) is 0.200. The monoisotopic (exact) mass is 305 g/mol. The Hall–Kier alpha value is -1.72. The predicted molar refractivity (Wildman–Crippen MR) is 87.5 cm³/mol. The molecule has 0 atom stereocenters. The van der Waals surface area contributed by atoms with E-state index in [2.05, 4.69) is 5.32 Å². The lowest BCUT2D eigenvalue weighted by atomic mass is 10.0. The van der Waals surface area contributed by atoms with Gasteiger partial charge in [-0.25, -0.2) is 0 Å². The van der Waals surface area contributed by atoms with Crippen molar-refractivity contribution in [2.24, 2.45) is 0 Å². The summed E-state index contributed by atoms with van der Waals surface area (Å²) in [5, 5.41) is 3.77. The van der Waals surface area contributed by atoms with Crippen LogP contribution in [-0.2, 0) is 0 Å². The quantitative estimate of drug-likeness (QED) is 0.670. The Morgan fingerprint density at radius 2 is 2.15 bits per heavy atom. The molecule has 0 radical (unpaired) electrons. The zero-order chi connectivity index (χ0) is 14.7.